The maximum absolute atomic E-state index is 5.59. The van der Waals surface area contributed by atoms with E-state index < -0.39 is 8.07 Å². The summed E-state index contributed by atoms with van der Waals surface area (Å²) >= 11 is 0. The van der Waals surface area contributed by atoms with Gasteiger partial charge in [-0.15, -0.1) is 0 Å². The van der Waals surface area contributed by atoms with Crippen LogP contribution in [0.3, 0.4) is 0 Å². The van der Waals surface area contributed by atoms with Gasteiger partial charge < -0.3 is 4.90 Å². The third-order valence-corrected chi connectivity index (χ3v) is 19.7. The fourth-order valence-electron chi connectivity index (χ4n) is 11.5. The molecule has 0 bridgehead atoms. The topological polar surface area (TPSA) is 59.7 Å². The van der Waals surface area contributed by atoms with Gasteiger partial charge in [-0.2, -0.15) is 15.0 Å². The number of nitrogens with zero attached hydrogens (tertiary/aromatic N) is 6. The molecular weight excluding hydrogens is 809 g/mol. The highest BCUT2D eigenvalue weighted by Gasteiger charge is 2.58. The van der Waals surface area contributed by atoms with Crippen molar-refractivity contribution in [2.75, 3.05) is 4.90 Å². The third kappa shape index (κ3) is 5.99. The fourth-order valence-corrected chi connectivity index (χ4v) is 16.3. The molecule has 10 aromatic rings. The highest BCUT2D eigenvalue weighted by Crippen LogP contribution is 2.60. The molecule has 0 saturated heterocycles. The van der Waals surface area contributed by atoms with E-state index in [-0.39, 0.29) is 11.0 Å². The second-order valence-electron chi connectivity index (χ2n) is 18.2. The summed E-state index contributed by atoms with van der Waals surface area (Å²) in [7, 11) is -2.95. The van der Waals surface area contributed by atoms with Crippen LogP contribution in [0.5, 0.6) is 0 Å². The molecule has 1 aliphatic carbocycles. The minimum absolute atomic E-state index is 0.101. The van der Waals surface area contributed by atoms with Crippen LogP contribution in [0.1, 0.15) is 45.1 Å². The van der Waals surface area contributed by atoms with E-state index in [1.807, 2.05) is 12.4 Å². The van der Waals surface area contributed by atoms with Gasteiger partial charge in [0.1, 0.15) is 0 Å². The van der Waals surface area contributed by atoms with E-state index in [1.54, 1.807) is 0 Å². The molecule has 7 heteroatoms. The summed E-state index contributed by atoms with van der Waals surface area (Å²) in [5, 5.41) is 7.50. The van der Waals surface area contributed by atoms with E-state index >= 15 is 0 Å². The molecule has 1 fully saturated rings. The monoisotopic (exact) mass is 856 g/mol. The summed E-state index contributed by atoms with van der Waals surface area (Å²) in [4.78, 5) is 23.8. The number of rotatable bonds is 8. The van der Waals surface area contributed by atoms with Crippen molar-refractivity contribution in [1.29, 1.82) is 0 Å². The molecule has 0 N–H and O–H groups in total. The average Bonchev–Trinajstić information content (AvgIpc) is 3.82. The van der Waals surface area contributed by atoms with E-state index in [0.29, 0.717) is 17.7 Å². The number of hydrogen-bond donors (Lipinski definition) is 0. The smallest absolute Gasteiger partial charge is 0.240 e. The van der Waals surface area contributed by atoms with Crippen LogP contribution in [-0.2, 0) is 5.41 Å². The van der Waals surface area contributed by atoms with Crippen LogP contribution in [0, 0.1) is 0 Å². The molecule has 2 aliphatic rings. The highest BCUT2D eigenvalue weighted by molar-refractivity contribution is 7.19. The van der Waals surface area contributed by atoms with Crippen LogP contribution in [-0.4, -0.2) is 38.1 Å². The van der Waals surface area contributed by atoms with Crippen LogP contribution >= 0.6 is 0 Å². The lowest BCUT2D eigenvalue weighted by Crippen LogP contribution is -2.74. The Hall–Kier alpha value is -7.48. The van der Waals surface area contributed by atoms with E-state index in [2.05, 4.69) is 217 Å². The molecule has 12 rings (SSSR count). The molecule has 65 heavy (non-hydrogen) atoms. The standard InChI is InChI=1S/C58H48N6Si/c1-57-36-16-17-37-58(57,2)64(53-40-59-38-35-50(53)57)56-61-54(60-55(62-56)63-51-29-14-12-27-48(51)49-28-13-15-30-52(49)63)43-21-18-26-47(39-43)65(44-22-8-4-9-23-44,45-24-10-5-11-25-45)46-33-31-42(32-34-46)41-19-6-3-7-20-41/h3-15,18-35,38-40H,16-17,36-37H2,1-2H3. The summed E-state index contributed by atoms with van der Waals surface area (Å²) in [6.07, 6.45) is 8.41. The molecule has 2 atom stereocenters. The van der Waals surface area contributed by atoms with Gasteiger partial charge in [0.05, 0.1) is 28.5 Å². The van der Waals surface area contributed by atoms with Crippen molar-refractivity contribution in [1.82, 2.24) is 24.5 Å². The molecule has 0 radical (unpaired) electrons. The summed E-state index contributed by atoms with van der Waals surface area (Å²) in [5.74, 6) is 1.87. The first-order chi connectivity index (χ1) is 32.0. The molecule has 0 spiro atoms. The number of anilines is 2. The Kier molecular flexibility index (Phi) is 9.24. The number of benzene rings is 7. The molecule has 0 amide bonds. The van der Waals surface area contributed by atoms with Crippen molar-refractivity contribution in [2.45, 2.75) is 50.5 Å². The summed E-state index contributed by atoms with van der Waals surface area (Å²) in [6.45, 7) is 4.85. The largest absolute Gasteiger partial charge is 0.302 e. The zero-order chi connectivity index (χ0) is 43.6. The van der Waals surface area contributed by atoms with Gasteiger partial charge in [-0.3, -0.25) is 9.55 Å². The van der Waals surface area contributed by atoms with E-state index in [9.17, 15) is 0 Å². The SMILES string of the molecule is CC12CCCCC1(C)N(c1nc(-c3cccc([Si](c4ccccc4)(c4ccccc4)c4ccc(-c5ccccc5)cc4)c3)nc(-n3c4ccccc4c4ccccc43)n1)c1cnccc12. The normalized spacial score (nSPS) is 18.2. The predicted octanol–water partition coefficient (Wildman–Crippen LogP) is 10.8. The minimum Gasteiger partial charge on any atom is -0.302 e. The van der Waals surface area contributed by atoms with Crippen LogP contribution in [0.2, 0.25) is 0 Å². The van der Waals surface area contributed by atoms with Crippen LogP contribution in [0.15, 0.2) is 207 Å². The molecular formula is C58H48N6Si. The quantitative estimate of drug-likeness (QED) is 0.113. The number of hydrogen-bond acceptors (Lipinski definition) is 5. The van der Waals surface area contributed by atoms with Gasteiger partial charge in [-0.1, -0.05) is 196 Å². The van der Waals surface area contributed by atoms with Crippen molar-refractivity contribution >= 4 is 62.3 Å². The van der Waals surface area contributed by atoms with Crippen molar-refractivity contribution in [2.24, 2.45) is 0 Å². The van der Waals surface area contributed by atoms with Gasteiger partial charge in [0, 0.05) is 27.9 Å². The fraction of sp³-hybridized carbons (Fsp3) is 0.138. The Morgan fingerprint density at radius 3 is 1.69 bits per heavy atom. The maximum atomic E-state index is 5.59. The van der Waals surface area contributed by atoms with Crippen LogP contribution in [0.25, 0.3) is 50.3 Å². The van der Waals surface area contributed by atoms with E-state index in [1.165, 1.54) is 43.9 Å². The van der Waals surface area contributed by atoms with Gasteiger partial charge in [0.15, 0.2) is 13.9 Å². The Labute approximate surface area is 381 Å². The Morgan fingerprint density at radius 2 is 1.02 bits per heavy atom. The van der Waals surface area contributed by atoms with E-state index in [4.69, 9.17) is 19.9 Å². The molecule has 2 unspecified atom stereocenters. The molecule has 1 aliphatic heterocycles. The lowest BCUT2D eigenvalue weighted by atomic mass is 9.62. The summed E-state index contributed by atoms with van der Waals surface area (Å²) < 4.78 is 2.23. The number of fused-ring (bicyclic) bond motifs is 6. The molecule has 4 heterocycles. The first-order valence-electron chi connectivity index (χ1n) is 22.8. The first kappa shape index (κ1) is 39.1. The number of para-hydroxylation sites is 2. The van der Waals surface area contributed by atoms with Gasteiger partial charge in [-0.25, -0.2) is 0 Å². The van der Waals surface area contributed by atoms with Crippen LogP contribution in [0.4, 0.5) is 11.6 Å². The summed E-state index contributed by atoms with van der Waals surface area (Å²) in [5.41, 5.74) is 7.48. The Bertz CT molecular complexity index is 3280. The highest BCUT2D eigenvalue weighted by atomic mass is 28.3. The Morgan fingerprint density at radius 1 is 0.477 bits per heavy atom. The van der Waals surface area contributed by atoms with Gasteiger partial charge >= 0.3 is 0 Å². The van der Waals surface area contributed by atoms with Crippen LogP contribution < -0.4 is 25.6 Å². The summed E-state index contributed by atoms with van der Waals surface area (Å²) in [6, 6.07) is 70.7. The zero-order valence-electron chi connectivity index (χ0n) is 36.6. The minimum atomic E-state index is -2.95. The molecule has 7 aromatic carbocycles. The van der Waals surface area contributed by atoms with Gasteiger partial charge in [-0.05, 0) is 75.4 Å². The zero-order valence-corrected chi connectivity index (χ0v) is 37.6. The van der Waals surface area contributed by atoms with Crippen molar-refractivity contribution in [3.05, 3.63) is 212 Å². The molecule has 3 aromatic heterocycles. The number of aromatic nitrogens is 5. The van der Waals surface area contributed by atoms with Crippen molar-refractivity contribution < 1.29 is 0 Å². The second kappa shape index (κ2) is 15.4. The molecule has 314 valence electrons. The Balaban J connectivity index is 1.12. The first-order valence-corrected chi connectivity index (χ1v) is 24.8. The van der Waals surface area contributed by atoms with Gasteiger partial charge in [0.2, 0.25) is 11.9 Å². The maximum Gasteiger partial charge on any atom is 0.240 e. The lowest BCUT2D eigenvalue weighted by molar-refractivity contribution is 0.193. The molecule has 6 nitrogen and oxygen atoms in total. The number of pyridine rings is 1. The third-order valence-electron chi connectivity index (χ3n) is 14.9. The lowest BCUT2D eigenvalue weighted by Gasteiger charge is -2.49. The average molecular weight is 857 g/mol. The van der Waals surface area contributed by atoms with Gasteiger partial charge in [0.25, 0.3) is 0 Å². The van der Waals surface area contributed by atoms with Crippen molar-refractivity contribution in [3.8, 4) is 28.5 Å². The van der Waals surface area contributed by atoms with E-state index in [0.717, 1.165) is 52.3 Å². The molecule has 1 saturated carbocycles. The predicted molar refractivity (Wildman–Crippen MR) is 269 cm³/mol. The van der Waals surface area contributed by atoms with Crippen molar-refractivity contribution in [3.63, 3.8) is 0 Å². The second-order valence-corrected chi connectivity index (χ2v) is 22.0.